The number of alkyl halides is 2. The van der Waals surface area contributed by atoms with Gasteiger partial charge in [0.1, 0.15) is 23.5 Å². The maximum Gasteiger partial charge on any atom is 0.251 e. The van der Waals surface area contributed by atoms with E-state index in [1.807, 2.05) is 34.9 Å². The third kappa shape index (κ3) is 5.14. The van der Waals surface area contributed by atoms with Crippen LogP contribution in [0.25, 0.3) is 10.9 Å². The number of nitrogens with zero attached hydrogens (tertiary/aromatic N) is 5. The molecule has 0 saturated carbocycles. The van der Waals surface area contributed by atoms with Crippen LogP contribution in [0.2, 0.25) is 0 Å². The Morgan fingerprint density at radius 2 is 1.93 bits per heavy atom. The number of rotatable bonds is 5. The van der Waals surface area contributed by atoms with Crippen molar-refractivity contribution in [2.45, 2.75) is 42.5 Å². The van der Waals surface area contributed by atoms with Crippen molar-refractivity contribution in [1.82, 2.24) is 20.3 Å². The molecule has 6 heterocycles. The first-order valence-corrected chi connectivity index (χ1v) is 15.8. The molecule has 234 valence electrons. The maximum absolute atomic E-state index is 14.7. The van der Waals surface area contributed by atoms with Gasteiger partial charge >= 0.3 is 0 Å². The summed E-state index contributed by atoms with van der Waals surface area (Å²) < 4.78 is 78.8. The van der Waals surface area contributed by atoms with Gasteiger partial charge in [0.2, 0.25) is 15.3 Å². The number of anilines is 3. The standard InChI is InChI=1S/C30H27F3N6O5S/c1-16-22(32)15-39(16)20-11-24-29(35-14-20)38(5-7-43-24)27-3-2-17-12-34-19(10-23(17)37-27)13-36-30(40)18-8-21(31)28-25(9-18)45(41,42)26(33)4-6-44-28/h2-3,8-12,14,16,22,26H,4-7,13,15H2,1H3,(H,36,40)/t16-,22-,26+/m0/s1. The smallest absolute Gasteiger partial charge is 0.251 e. The number of amides is 1. The Balaban J connectivity index is 1.10. The monoisotopic (exact) mass is 640 g/mol. The number of benzene rings is 1. The molecule has 3 aromatic heterocycles. The number of ether oxygens (including phenoxy) is 2. The molecular formula is C30H27F3N6O5S. The molecule has 15 heteroatoms. The van der Waals surface area contributed by atoms with Crippen LogP contribution in [0.15, 0.2) is 53.7 Å². The number of pyridine rings is 3. The molecule has 1 saturated heterocycles. The zero-order valence-corrected chi connectivity index (χ0v) is 24.7. The van der Waals surface area contributed by atoms with Gasteiger partial charge in [-0.3, -0.25) is 9.78 Å². The number of hydrogen-bond acceptors (Lipinski definition) is 10. The second kappa shape index (κ2) is 11.1. The predicted molar refractivity (Wildman–Crippen MR) is 158 cm³/mol. The number of halogens is 3. The molecule has 1 fully saturated rings. The van der Waals surface area contributed by atoms with Crippen molar-refractivity contribution in [3.63, 3.8) is 0 Å². The van der Waals surface area contributed by atoms with Crippen LogP contribution < -0.4 is 24.6 Å². The summed E-state index contributed by atoms with van der Waals surface area (Å²) in [5.41, 5.74) is -0.752. The van der Waals surface area contributed by atoms with Crippen LogP contribution in [-0.4, -0.2) is 73.3 Å². The van der Waals surface area contributed by atoms with Crippen LogP contribution in [0.5, 0.6) is 11.5 Å². The minimum absolute atomic E-state index is 0.0756. The number of nitrogens with one attached hydrogen (secondary N) is 1. The van der Waals surface area contributed by atoms with Crippen LogP contribution in [0.1, 0.15) is 29.4 Å². The van der Waals surface area contributed by atoms with Gasteiger partial charge in [-0.15, -0.1) is 0 Å². The lowest BCUT2D eigenvalue weighted by molar-refractivity contribution is 0.0949. The van der Waals surface area contributed by atoms with E-state index >= 15 is 0 Å². The lowest BCUT2D eigenvalue weighted by atomic mass is 10.0. The zero-order valence-electron chi connectivity index (χ0n) is 23.9. The normalized spacial score (nSPS) is 21.9. The largest absolute Gasteiger partial charge is 0.489 e. The molecule has 3 atom stereocenters. The van der Waals surface area contributed by atoms with Crippen LogP contribution >= 0.6 is 0 Å². The van der Waals surface area contributed by atoms with Gasteiger partial charge in [0.15, 0.2) is 23.1 Å². The van der Waals surface area contributed by atoms with E-state index in [2.05, 4.69) is 15.3 Å². The van der Waals surface area contributed by atoms with Crippen LogP contribution in [-0.2, 0) is 16.4 Å². The first-order chi connectivity index (χ1) is 21.6. The Morgan fingerprint density at radius 3 is 2.73 bits per heavy atom. The topological polar surface area (TPSA) is 127 Å². The van der Waals surface area contributed by atoms with Crippen LogP contribution in [0.3, 0.4) is 0 Å². The summed E-state index contributed by atoms with van der Waals surface area (Å²) in [6.07, 6.45) is 1.98. The Labute approximate surface area is 255 Å². The van der Waals surface area contributed by atoms with Crippen LogP contribution in [0.4, 0.5) is 30.5 Å². The van der Waals surface area contributed by atoms with E-state index in [0.29, 0.717) is 48.3 Å². The Kier molecular flexibility index (Phi) is 7.14. The molecule has 11 nitrogen and oxygen atoms in total. The van der Waals surface area contributed by atoms with Crippen molar-refractivity contribution in [3.8, 4) is 11.5 Å². The number of fused-ring (bicyclic) bond motifs is 3. The van der Waals surface area contributed by atoms with Gasteiger partial charge < -0.3 is 24.6 Å². The van der Waals surface area contributed by atoms with Gasteiger partial charge in [0, 0.05) is 29.6 Å². The van der Waals surface area contributed by atoms with Crippen molar-refractivity contribution in [2.75, 3.05) is 36.1 Å². The molecule has 7 rings (SSSR count). The molecule has 0 unspecified atom stereocenters. The van der Waals surface area contributed by atoms with Gasteiger partial charge in [-0.1, -0.05) is 0 Å². The summed E-state index contributed by atoms with van der Waals surface area (Å²) in [7, 11) is -4.53. The summed E-state index contributed by atoms with van der Waals surface area (Å²) in [6.45, 7) is 2.65. The van der Waals surface area contributed by atoms with Gasteiger partial charge in [0.25, 0.3) is 5.91 Å². The predicted octanol–water partition coefficient (Wildman–Crippen LogP) is 4.02. The fourth-order valence-electron chi connectivity index (χ4n) is 5.54. The van der Waals surface area contributed by atoms with Gasteiger partial charge in [-0.2, -0.15) is 0 Å². The summed E-state index contributed by atoms with van der Waals surface area (Å²) >= 11 is 0. The lowest BCUT2D eigenvalue weighted by Gasteiger charge is -2.43. The number of aromatic nitrogens is 3. The van der Waals surface area contributed by atoms with Crippen molar-refractivity contribution in [1.29, 1.82) is 0 Å². The highest BCUT2D eigenvalue weighted by Gasteiger charge is 2.37. The quantitative estimate of drug-likeness (QED) is 0.342. The minimum atomic E-state index is -4.53. The van der Waals surface area contributed by atoms with Crippen molar-refractivity contribution in [3.05, 3.63) is 65.9 Å². The molecule has 45 heavy (non-hydrogen) atoms. The molecular weight excluding hydrogens is 613 g/mol. The van der Waals surface area contributed by atoms with E-state index < -0.39 is 50.3 Å². The number of hydrogen-bond donors (Lipinski definition) is 1. The van der Waals surface area contributed by atoms with E-state index in [4.69, 9.17) is 14.5 Å². The van der Waals surface area contributed by atoms with Gasteiger partial charge in [-0.05, 0) is 37.3 Å². The van der Waals surface area contributed by atoms with E-state index in [9.17, 15) is 26.4 Å². The summed E-state index contributed by atoms with van der Waals surface area (Å²) in [4.78, 5) is 29.8. The minimum Gasteiger partial charge on any atom is -0.489 e. The average Bonchev–Trinajstić information content (AvgIpc) is 3.16. The fourth-order valence-corrected chi connectivity index (χ4v) is 6.93. The number of carbonyl (C=O) groups is 1. The SMILES string of the molecule is C[C@H]1[C@@H](F)CN1c1cnc2c(c1)OCCN2c1ccc2cnc(CNC(=O)c3cc(F)c4c(c3)S(=O)(=O)[C@@H](F)CCO4)cc2n1. The molecule has 1 N–H and O–H groups in total. The number of sulfone groups is 1. The molecule has 0 aliphatic carbocycles. The summed E-state index contributed by atoms with van der Waals surface area (Å²) in [5, 5.41) is 3.35. The Bertz CT molecular complexity index is 1950. The highest BCUT2D eigenvalue weighted by atomic mass is 32.2. The highest BCUT2D eigenvalue weighted by Crippen LogP contribution is 2.39. The van der Waals surface area contributed by atoms with E-state index in [1.165, 1.54) is 0 Å². The number of carbonyl (C=O) groups excluding carboxylic acids is 1. The first kappa shape index (κ1) is 29.1. The van der Waals surface area contributed by atoms with Crippen molar-refractivity contribution >= 4 is 44.0 Å². The molecule has 0 bridgehead atoms. The van der Waals surface area contributed by atoms with E-state index in [-0.39, 0.29) is 24.8 Å². The zero-order chi connectivity index (χ0) is 31.5. The average molecular weight is 641 g/mol. The molecule has 1 aromatic carbocycles. The fraction of sp³-hybridized carbons (Fsp3) is 0.333. The second-order valence-electron chi connectivity index (χ2n) is 11.0. The van der Waals surface area contributed by atoms with Gasteiger partial charge in [-0.25, -0.2) is 31.6 Å². The summed E-state index contributed by atoms with van der Waals surface area (Å²) in [6, 6.07) is 8.80. The Hall–Kier alpha value is -4.66. The lowest BCUT2D eigenvalue weighted by Crippen LogP contribution is -2.56. The van der Waals surface area contributed by atoms with E-state index in [0.717, 1.165) is 23.2 Å². The molecule has 3 aliphatic rings. The maximum atomic E-state index is 14.7. The molecule has 0 spiro atoms. The van der Waals surface area contributed by atoms with Crippen LogP contribution in [0, 0.1) is 5.82 Å². The van der Waals surface area contributed by atoms with E-state index in [1.54, 1.807) is 18.5 Å². The molecule has 0 radical (unpaired) electrons. The van der Waals surface area contributed by atoms with Gasteiger partial charge in [0.05, 0.1) is 55.4 Å². The highest BCUT2D eigenvalue weighted by molar-refractivity contribution is 7.92. The molecule has 4 aromatic rings. The summed E-state index contributed by atoms with van der Waals surface area (Å²) in [5.74, 6) is -0.671. The third-order valence-corrected chi connectivity index (χ3v) is 10.0. The van der Waals surface area contributed by atoms with Crippen molar-refractivity contribution < 1.29 is 35.9 Å². The third-order valence-electron chi connectivity index (χ3n) is 8.19. The molecule has 3 aliphatic heterocycles. The second-order valence-corrected chi connectivity index (χ2v) is 13.1. The molecule has 1 amide bonds. The first-order valence-electron chi connectivity index (χ1n) is 14.3. The Morgan fingerprint density at radius 1 is 1.09 bits per heavy atom. The van der Waals surface area contributed by atoms with Crippen molar-refractivity contribution in [2.24, 2.45) is 0 Å².